The molecule has 0 rings (SSSR count). The van der Waals surface area contributed by atoms with Crippen LogP contribution >= 0.6 is 0 Å². The molecule has 0 saturated heterocycles. The molecule has 0 saturated carbocycles. The van der Waals surface area contributed by atoms with Crippen LogP contribution < -0.4 is 0 Å². The molecule has 0 N–H and O–H groups in total. The van der Waals surface area contributed by atoms with E-state index in [0.29, 0.717) is 10.8 Å². The molecule has 0 aliphatic heterocycles. The highest BCUT2D eigenvalue weighted by Crippen LogP contribution is 2.49. The highest BCUT2D eigenvalue weighted by molar-refractivity contribution is 4.97. The van der Waals surface area contributed by atoms with Gasteiger partial charge in [0, 0.05) is 0 Å². The molecule has 0 fully saturated rings. The predicted octanol–water partition coefficient (Wildman–Crippen LogP) is 5.48. The molecule has 0 bridgehead atoms. The van der Waals surface area contributed by atoms with Gasteiger partial charge in [0.25, 0.3) is 0 Å². The number of rotatable bonds is 6. The molecule has 0 spiro atoms. The molecular weight excluding hydrogens is 180 g/mol. The predicted molar refractivity (Wildman–Crippen MR) is 70.8 cm³/mol. The number of hydrogen-bond donors (Lipinski definition) is 0. The summed E-state index contributed by atoms with van der Waals surface area (Å²) < 4.78 is 0. The van der Waals surface area contributed by atoms with Gasteiger partial charge >= 0.3 is 0 Å². The minimum absolute atomic E-state index is 0.405. The lowest BCUT2D eigenvalue weighted by molar-refractivity contribution is 0.0402. The Morgan fingerprint density at radius 1 is 1.07 bits per heavy atom. The summed E-state index contributed by atoms with van der Waals surface area (Å²) in [5.74, 6) is 2.42. The molecule has 0 aromatic rings. The third-order valence-electron chi connectivity index (χ3n) is 4.94. The van der Waals surface area contributed by atoms with E-state index in [0.717, 1.165) is 5.92 Å². The second kappa shape index (κ2) is 5.37. The van der Waals surface area contributed by atoms with E-state index in [1.165, 1.54) is 19.3 Å². The summed E-state index contributed by atoms with van der Waals surface area (Å²) >= 11 is 0. The van der Waals surface area contributed by atoms with E-state index in [1.807, 2.05) is 0 Å². The van der Waals surface area contributed by atoms with Crippen LogP contribution in [0.4, 0.5) is 0 Å². The average molecular weight is 211 g/mol. The van der Waals surface area contributed by atoms with E-state index < -0.39 is 0 Å². The molecule has 1 unspecified atom stereocenters. The van der Waals surface area contributed by atoms with Gasteiger partial charge in [0.15, 0.2) is 0 Å². The summed E-state index contributed by atoms with van der Waals surface area (Å²) in [5, 5.41) is 0. The lowest BCUT2D eigenvalue weighted by Gasteiger charge is -2.51. The van der Waals surface area contributed by atoms with Gasteiger partial charge in [-0.1, -0.05) is 60.3 Å². The summed E-state index contributed by atoms with van der Waals surface area (Å²) in [5.41, 5.74) is 0.820. The second-order valence-electron chi connectivity index (χ2n) is 6.40. The molecule has 0 heteroatoms. The molecule has 0 radical (unpaired) electrons. The maximum atomic E-state index is 2.43. The zero-order valence-electron chi connectivity index (χ0n) is 12.2. The highest BCUT2D eigenvalue weighted by Gasteiger charge is 2.38. The molecule has 0 heterocycles. The minimum Gasteiger partial charge on any atom is -0.316 e. The van der Waals surface area contributed by atoms with E-state index >= 15 is 0 Å². The van der Waals surface area contributed by atoms with E-state index in [-0.39, 0.29) is 0 Å². The molecule has 0 amide bonds. The zero-order chi connectivity index (χ0) is 12.3. The maximum absolute atomic E-state index is 2.43. The molecule has 1 atom stereocenters. The van der Waals surface area contributed by atoms with Gasteiger partial charge in [0.2, 0.25) is 0 Å². The second-order valence-corrected chi connectivity index (χ2v) is 6.40. The Balaban J connectivity index is 4.68. The van der Waals surface area contributed by atoms with Crippen molar-refractivity contribution in [3.8, 4) is 0 Å². The molecule has 0 aliphatic rings. The Morgan fingerprint density at radius 3 is 1.87 bits per heavy atom. The largest absolute Gasteiger partial charge is 0.316 e. The van der Waals surface area contributed by atoms with Crippen molar-refractivity contribution in [2.75, 3.05) is 0 Å². The molecule has 0 aromatic carbocycles. The summed E-state index contributed by atoms with van der Waals surface area (Å²) in [4.78, 5) is 0. The standard InChI is InChI=1S/C15H31/c1-9-12(3)11-14(5,6)15(7,8)13(4)10-2/h13H,9-11H2,1-8H3/q-1. The van der Waals surface area contributed by atoms with Crippen LogP contribution in [0, 0.1) is 22.7 Å². The lowest BCUT2D eigenvalue weighted by atomic mass is 9.58. The lowest BCUT2D eigenvalue weighted by Crippen LogP contribution is -2.38. The van der Waals surface area contributed by atoms with Crippen molar-refractivity contribution in [2.45, 2.75) is 74.7 Å². The first-order chi connectivity index (χ1) is 6.69. The van der Waals surface area contributed by atoms with Crippen LogP contribution in [0.15, 0.2) is 0 Å². The van der Waals surface area contributed by atoms with Crippen LogP contribution in [-0.4, -0.2) is 0 Å². The van der Waals surface area contributed by atoms with Gasteiger partial charge in [0.05, 0.1) is 0 Å². The fourth-order valence-corrected chi connectivity index (χ4v) is 2.28. The van der Waals surface area contributed by atoms with Gasteiger partial charge in [-0.15, -0.1) is 0 Å². The third-order valence-corrected chi connectivity index (χ3v) is 4.94. The minimum atomic E-state index is 0.405. The van der Waals surface area contributed by atoms with E-state index in [9.17, 15) is 0 Å². The normalized spacial score (nSPS) is 15.8. The first-order valence-corrected chi connectivity index (χ1v) is 6.50. The first-order valence-electron chi connectivity index (χ1n) is 6.50. The van der Waals surface area contributed by atoms with Gasteiger partial charge in [-0.2, -0.15) is 19.8 Å². The monoisotopic (exact) mass is 211 g/mol. The molecule has 0 nitrogen and oxygen atoms in total. The smallest absolute Gasteiger partial charge is 0.0302 e. The van der Waals surface area contributed by atoms with Crippen molar-refractivity contribution < 1.29 is 0 Å². The van der Waals surface area contributed by atoms with Crippen molar-refractivity contribution in [3.05, 3.63) is 5.92 Å². The van der Waals surface area contributed by atoms with Crippen molar-refractivity contribution >= 4 is 0 Å². The average Bonchev–Trinajstić information content (AvgIpc) is 2.15. The van der Waals surface area contributed by atoms with Crippen LogP contribution in [0.3, 0.4) is 0 Å². The van der Waals surface area contributed by atoms with E-state index in [1.54, 1.807) is 5.92 Å². The van der Waals surface area contributed by atoms with Gasteiger partial charge in [-0.05, 0) is 11.3 Å². The molecule has 0 aliphatic carbocycles. The zero-order valence-corrected chi connectivity index (χ0v) is 12.2. The fourth-order valence-electron chi connectivity index (χ4n) is 2.28. The van der Waals surface area contributed by atoms with E-state index in [4.69, 9.17) is 0 Å². The summed E-state index contributed by atoms with van der Waals surface area (Å²) in [6.07, 6.45) is 3.77. The first kappa shape index (κ1) is 15.0. The summed E-state index contributed by atoms with van der Waals surface area (Å²) in [6, 6.07) is 0. The molecule has 92 valence electrons. The van der Waals surface area contributed by atoms with Gasteiger partial charge < -0.3 is 5.92 Å². The topological polar surface area (TPSA) is 0 Å². The fraction of sp³-hybridized carbons (Fsp3) is 0.933. The Hall–Kier alpha value is 0. The Labute approximate surface area is 97.8 Å². The van der Waals surface area contributed by atoms with Crippen LogP contribution in [-0.2, 0) is 0 Å². The summed E-state index contributed by atoms with van der Waals surface area (Å²) in [7, 11) is 0. The van der Waals surface area contributed by atoms with Gasteiger partial charge in [-0.3, -0.25) is 0 Å². The van der Waals surface area contributed by atoms with Crippen molar-refractivity contribution in [1.29, 1.82) is 0 Å². The summed E-state index contributed by atoms with van der Waals surface area (Å²) in [6.45, 7) is 19.0. The van der Waals surface area contributed by atoms with Crippen molar-refractivity contribution in [1.82, 2.24) is 0 Å². The van der Waals surface area contributed by atoms with Crippen LogP contribution in [0.25, 0.3) is 0 Å². The highest BCUT2D eigenvalue weighted by atomic mass is 14.5. The third kappa shape index (κ3) is 3.50. The molecule has 0 aromatic heterocycles. The quantitative estimate of drug-likeness (QED) is 0.510. The van der Waals surface area contributed by atoms with Crippen molar-refractivity contribution in [3.63, 3.8) is 0 Å². The Bertz CT molecular complexity index is 176. The van der Waals surface area contributed by atoms with Gasteiger partial charge in [-0.25, -0.2) is 0 Å². The van der Waals surface area contributed by atoms with Crippen molar-refractivity contribution in [2.24, 2.45) is 16.7 Å². The Kier molecular flexibility index (Phi) is 5.37. The SMILES string of the molecule is CC[C-](C)CC(C)(C)C(C)(C)C(C)CC. The molecular formula is C15H31-. The van der Waals surface area contributed by atoms with Gasteiger partial charge in [0.1, 0.15) is 0 Å². The maximum Gasteiger partial charge on any atom is -0.0302 e. The van der Waals surface area contributed by atoms with Crippen LogP contribution in [0.1, 0.15) is 74.7 Å². The van der Waals surface area contributed by atoms with Crippen LogP contribution in [0.5, 0.6) is 0 Å². The Morgan fingerprint density at radius 2 is 1.53 bits per heavy atom. The molecule has 15 heavy (non-hydrogen) atoms. The van der Waals surface area contributed by atoms with Crippen LogP contribution in [0.2, 0.25) is 0 Å². The van der Waals surface area contributed by atoms with E-state index in [2.05, 4.69) is 55.4 Å². The number of hydrogen-bond acceptors (Lipinski definition) is 0.